The highest BCUT2D eigenvalue weighted by Crippen LogP contribution is 2.71. The molecular formula is C98H78N2O. The molecule has 0 saturated heterocycles. The number of para-hydroxylation sites is 1. The lowest BCUT2D eigenvalue weighted by Crippen LogP contribution is -2.55. The van der Waals surface area contributed by atoms with E-state index in [1.54, 1.807) is 22.3 Å². The average molecular weight is 1300 g/mol. The highest BCUT2D eigenvalue weighted by molar-refractivity contribution is 6.06. The van der Waals surface area contributed by atoms with Crippen LogP contribution in [0.2, 0.25) is 0 Å². The summed E-state index contributed by atoms with van der Waals surface area (Å²) in [6, 6.07) is 113. The van der Waals surface area contributed by atoms with Gasteiger partial charge in [0.2, 0.25) is 0 Å². The monoisotopic (exact) mass is 1300 g/mol. The second-order valence-electron chi connectivity index (χ2n) is 31.6. The first kappa shape index (κ1) is 58.1. The van der Waals surface area contributed by atoms with E-state index in [4.69, 9.17) is 4.42 Å². The van der Waals surface area contributed by atoms with Crippen molar-refractivity contribution in [2.45, 2.75) is 75.0 Å². The molecule has 8 saturated carbocycles. The van der Waals surface area contributed by atoms with Gasteiger partial charge in [0.15, 0.2) is 0 Å². The quantitative estimate of drug-likeness (QED) is 0.151. The molecule has 3 nitrogen and oxygen atoms in total. The predicted octanol–water partition coefficient (Wildman–Crippen LogP) is 26.5. The van der Waals surface area contributed by atoms with Crippen molar-refractivity contribution in [2.75, 3.05) is 9.80 Å². The molecule has 10 aliphatic rings. The van der Waals surface area contributed by atoms with Crippen LogP contribution in [0.1, 0.15) is 86.5 Å². The van der Waals surface area contributed by atoms with E-state index in [-0.39, 0.29) is 10.8 Å². The Labute approximate surface area is 591 Å². The molecule has 486 valence electrons. The van der Waals surface area contributed by atoms with Crippen molar-refractivity contribution in [1.29, 1.82) is 0 Å². The molecule has 3 heteroatoms. The van der Waals surface area contributed by atoms with Gasteiger partial charge in [0.25, 0.3) is 0 Å². The van der Waals surface area contributed by atoms with E-state index in [0.29, 0.717) is 0 Å². The zero-order valence-electron chi connectivity index (χ0n) is 56.9. The molecule has 0 atom stereocenters. The summed E-state index contributed by atoms with van der Waals surface area (Å²) < 4.78 is 6.37. The number of rotatable bonds is 8. The SMILES string of the molecule is c1ccc2c(c1)-c1cc(-c3ccc(N(c4ccc5ccccc5c4)c4ccc5c(c4)oc4ccccc45)cc3)ccc1C21C2CC3CC(C2)CC1C3.c1ccc2c(c1)-c1cc(-c3ccc(N(c4ccc5ccccc5c4)c4ccc5ccccc5c4)cc3)ccc1C21C2CC3CC(C2)CC1C3. The van der Waals surface area contributed by atoms with Gasteiger partial charge in [-0.15, -0.1) is 0 Å². The smallest absolute Gasteiger partial charge is 0.137 e. The molecule has 101 heavy (non-hydrogen) atoms. The minimum atomic E-state index is 0.211. The maximum atomic E-state index is 6.37. The van der Waals surface area contributed by atoms with Crippen molar-refractivity contribution < 1.29 is 4.42 Å². The van der Waals surface area contributed by atoms with E-state index in [0.717, 1.165) is 103 Å². The number of nitrogens with zero attached hydrogens (tertiary/aromatic N) is 2. The van der Waals surface area contributed by atoms with Gasteiger partial charge in [0.05, 0.1) is 0 Å². The first-order chi connectivity index (χ1) is 49.9. The third-order valence-corrected chi connectivity index (χ3v) is 26.6. The Morgan fingerprint density at radius 2 is 0.554 bits per heavy atom. The summed E-state index contributed by atoms with van der Waals surface area (Å²) in [7, 11) is 0. The Morgan fingerprint density at radius 1 is 0.228 bits per heavy atom. The molecule has 15 aromatic rings. The summed E-state index contributed by atoms with van der Waals surface area (Å²) >= 11 is 0. The van der Waals surface area contributed by atoms with Gasteiger partial charge in [-0.2, -0.15) is 0 Å². The first-order valence-electron chi connectivity index (χ1n) is 37.6. The van der Waals surface area contributed by atoms with Crippen molar-refractivity contribution in [3.05, 3.63) is 326 Å². The molecule has 0 aliphatic heterocycles. The molecule has 14 aromatic carbocycles. The normalized spacial score (nSPS) is 24.1. The Morgan fingerprint density at radius 3 is 0.990 bits per heavy atom. The summed E-state index contributed by atoms with van der Waals surface area (Å²) in [5.74, 6) is 7.01. The Balaban J connectivity index is 0.000000128. The van der Waals surface area contributed by atoms with Crippen molar-refractivity contribution in [3.8, 4) is 44.5 Å². The highest BCUT2D eigenvalue weighted by atomic mass is 16.3. The van der Waals surface area contributed by atoms with Crippen molar-refractivity contribution in [2.24, 2.45) is 47.3 Å². The minimum Gasteiger partial charge on any atom is -0.456 e. The largest absolute Gasteiger partial charge is 0.456 e. The maximum absolute atomic E-state index is 6.37. The molecule has 8 bridgehead atoms. The molecule has 2 spiro atoms. The van der Waals surface area contributed by atoms with E-state index in [2.05, 4.69) is 307 Å². The summed E-state index contributed by atoms with van der Waals surface area (Å²) in [5.41, 5.74) is 26.6. The zero-order valence-corrected chi connectivity index (χ0v) is 56.9. The summed E-state index contributed by atoms with van der Waals surface area (Å²) in [5, 5.41) is 9.76. The van der Waals surface area contributed by atoms with Gasteiger partial charge in [0, 0.05) is 61.8 Å². The van der Waals surface area contributed by atoms with Crippen LogP contribution in [0.5, 0.6) is 0 Å². The third kappa shape index (κ3) is 8.84. The average Bonchev–Trinajstić information content (AvgIpc) is 1.53. The number of anilines is 6. The molecule has 10 aliphatic carbocycles. The van der Waals surface area contributed by atoms with Gasteiger partial charge < -0.3 is 14.2 Å². The van der Waals surface area contributed by atoms with Crippen LogP contribution in [0.3, 0.4) is 0 Å². The van der Waals surface area contributed by atoms with Gasteiger partial charge in [-0.05, 0) is 302 Å². The van der Waals surface area contributed by atoms with Gasteiger partial charge in [-0.1, -0.05) is 206 Å². The van der Waals surface area contributed by atoms with Crippen molar-refractivity contribution in [3.63, 3.8) is 0 Å². The summed E-state index contributed by atoms with van der Waals surface area (Å²) in [6.07, 6.45) is 14.3. The van der Waals surface area contributed by atoms with Crippen LogP contribution in [0.4, 0.5) is 34.1 Å². The fraction of sp³-hybridized carbons (Fsp3) is 0.204. The molecule has 25 rings (SSSR count). The van der Waals surface area contributed by atoms with Crippen LogP contribution in [-0.4, -0.2) is 0 Å². The summed E-state index contributed by atoms with van der Waals surface area (Å²) in [6.45, 7) is 0. The van der Waals surface area contributed by atoms with E-state index in [9.17, 15) is 0 Å². The summed E-state index contributed by atoms with van der Waals surface area (Å²) in [4.78, 5) is 4.76. The van der Waals surface area contributed by atoms with Crippen LogP contribution >= 0.6 is 0 Å². The van der Waals surface area contributed by atoms with Crippen molar-refractivity contribution in [1.82, 2.24) is 0 Å². The fourth-order valence-electron chi connectivity index (χ4n) is 23.0. The van der Waals surface area contributed by atoms with E-state index in [1.807, 2.05) is 6.07 Å². The number of hydrogen-bond donors (Lipinski definition) is 0. The lowest BCUT2D eigenvalue weighted by molar-refractivity contribution is -0.0399. The second-order valence-corrected chi connectivity index (χ2v) is 31.6. The van der Waals surface area contributed by atoms with Crippen LogP contribution < -0.4 is 9.80 Å². The zero-order chi connectivity index (χ0) is 66.1. The first-order valence-corrected chi connectivity index (χ1v) is 37.6. The van der Waals surface area contributed by atoms with Gasteiger partial charge in [-0.3, -0.25) is 0 Å². The lowest BCUT2D eigenvalue weighted by atomic mass is 9.43. The van der Waals surface area contributed by atoms with E-state index < -0.39 is 0 Å². The lowest BCUT2D eigenvalue weighted by Gasteiger charge is -2.61. The molecule has 0 radical (unpaired) electrons. The molecule has 0 N–H and O–H groups in total. The van der Waals surface area contributed by atoms with Gasteiger partial charge in [0.1, 0.15) is 11.2 Å². The molecule has 8 fully saturated rings. The topological polar surface area (TPSA) is 19.6 Å². The molecule has 0 unspecified atom stereocenters. The minimum absolute atomic E-state index is 0.211. The predicted molar refractivity (Wildman–Crippen MR) is 419 cm³/mol. The molecule has 1 heterocycles. The van der Waals surface area contributed by atoms with E-state index >= 15 is 0 Å². The molecule has 0 amide bonds. The standard InChI is InChI=1S/C50H39NO.C48H39N/c1-2-8-35-28-40(19-15-33(35)7-1)51(41-20-21-44-43-10-4-6-12-48(43)52-49(44)30-41)39-17-13-34(14-18-39)36-16-22-47-45(29-36)42-9-3-5-11-46(42)50(47)37-24-31-23-32(26-37)27-38(50)25-31;1-3-9-36-28-42(20-15-33(36)7-1)49(43-21-16-34-8-2-4-10-37(34)29-43)41-18-13-35(14-19-41)38-17-22-47-45(30-38)44-11-5-6-12-46(44)48(47)39-24-31-23-32(26-39)27-40(48)25-31/h1-22,28-32,37-38H,23-27H2;1-22,28-32,39-40H,23-27H2. The number of furan rings is 1. The van der Waals surface area contributed by atoms with Gasteiger partial charge in [-0.25, -0.2) is 0 Å². The Bertz CT molecular complexity index is 5720. The molecule has 1 aromatic heterocycles. The number of hydrogen-bond acceptors (Lipinski definition) is 3. The van der Waals surface area contributed by atoms with Crippen LogP contribution in [0.15, 0.2) is 308 Å². The van der Waals surface area contributed by atoms with Gasteiger partial charge >= 0.3 is 0 Å². The van der Waals surface area contributed by atoms with E-state index in [1.165, 1.54) is 141 Å². The van der Waals surface area contributed by atoms with Crippen LogP contribution in [0, 0.1) is 47.3 Å². The third-order valence-electron chi connectivity index (χ3n) is 26.6. The second kappa shape index (κ2) is 22.4. The highest BCUT2D eigenvalue weighted by Gasteiger charge is 2.63. The Kier molecular flexibility index (Phi) is 12.9. The fourth-order valence-corrected chi connectivity index (χ4v) is 23.0. The van der Waals surface area contributed by atoms with Crippen molar-refractivity contribution >= 4 is 88.4 Å². The maximum Gasteiger partial charge on any atom is 0.137 e. The van der Waals surface area contributed by atoms with Crippen LogP contribution in [-0.2, 0) is 10.8 Å². The van der Waals surface area contributed by atoms with Crippen LogP contribution in [0.25, 0.3) is 98.8 Å². The number of benzene rings is 14. The number of fused-ring (bicyclic) bond motifs is 12. The Hall–Kier alpha value is -10.7. The molecular weight excluding hydrogens is 1220 g/mol.